The van der Waals surface area contributed by atoms with Crippen LogP contribution in [0.1, 0.15) is 48.4 Å². The van der Waals surface area contributed by atoms with Crippen molar-refractivity contribution in [3.05, 3.63) is 105 Å². The van der Waals surface area contributed by atoms with Gasteiger partial charge < -0.3 is 20.8 Å². The SMILES string of the molecule is C[C@@H](O)[C@@H](NC(=O)[C@@]1(C[C@H](O)[C@H](Cc2ccc(Br)cc2)NC=O)C[C@H]1c1ccccc1F)c1cccc(Cl)c1. The maximum atomic E-state index is 14.8. The Labute approximate surface area is 240 Å². The summed E-state index contributed by atoms with van der Waals surface area (Å²) in [5.41, 5.74) is 0.770. The van der Waals surface area contributed by atoms with Crippen LogP contribution in [0, 0.1) is 11.2 Å². The zero-order valence-corrected chi connectivity index (χ0v) is 23.7. The van der Waals surface area contributed by atoms with Gasteiger partial charge in [0.2, 0.25) is 12.3 Å². The number of rotatable bonds is 12. The molecular formula is C30H31BrClFN2O4. The Balaban J connectivity index is 1.62. The van der Waals surface area contributed by atoms with Crippen molar-refractivity contribution in [2.45, 2.75) is 56.4 Å². The summed E-state index contributed by atoms with van der Waals surface area (Å²) in [4.78, 5) is 25.3. The number of hydrogen-bond acceptors (Lipinski definition) is 4. The minimum atomic E-state index is -1.14. The normalized spacial score (nSPS) is 21.3. The molecule has 0 saturated heterocycles. The Morgan fingerprint density at radius 1 is 1.15 bits per heavy atom. The predicted molar refractivity (Wildman–Crippen MR) is 152 cm³/mol. The highest BCUT2D eigenvalue weighted by molar-refractivity contribution is 9.10. The van der Waals surface area contributed by atoms with Crippen LogP contribution >= 0.6 is 27.5 Å². The van der Waals surface area contributed by atoms with Crippen molar-refractivity contribution in [3.63, 3.8) is 0 Å². The molecule has 6 atom stereocenters. The highest BCUT2D eigenvalue weighted by Crippen LogP contribution is 2.63. The first kappa shape index (κ1) is 29.2. The van der Waals surface area contributed by atoms with Gasteiger partial charge in [0.1, 0.15) is 5.82 Å². The van der Waals surface area contributed by atoms with E-state index in [-0.39, 0.29) is 6.42 Å². The van der Waals surface area contributed by atoms with Crippen LogP contribution in [0.15, 0.2) is 77.3 Å². The van der Waals surface area contributed by atoms with Crippen molar-refractivity contribution in [3.8, 4) is 0 Å². The smallest absolute Gasteiger partial charge is 0.227 e. The summed E-state index contributed by atoms with van der Waals surface area (Å²) < 4.78 is 15.7. The number of nitrogens with one attached hydrogen (secondary N) is 2. The highest BCUT2D eigenvalue weighted by Gasteiger charge is 2.62. The van der Waals surface area contributed by atoms with E-state index < -0.39 is 47.3 Å². The lowest BCUT2D eigenvalue weighted by atomic mass is 9.86. The maximum Gasteiger partial charge on any atom is 0.227 e. The predicted octanol–water partition coefficient (Wildman–Crippen LogP) is 5.06. The number of benzene rings is 3. The summed E-state index contributed by atoms with van der Waals surface area (Å²) in [5, 5.41) is 28.0. The molecule has 1 fully saturated rings. The average molecular weight is 618 g/mol. The first-order valence-electron chi connectivity index (χ1n) is 12.8. The number of aliphatic hydroxyl groups excluding tert-OH is 2. The number of aliphatic hydroxyl groups is 2. The van der Waals surface area contributed by atoms with E-state index in [4.69, 9.17) is 11.6 Å². The zero-order valence-electron chi connectivity index (χ0n) is 21.4. The second kappa shape index (κ2) is 12.6. The molecule has 0 spiro atoms. The molecule has 1 aliphatic carbocycles. The molecule has 2 amide bonds. The first-order chi connectivity index (χ1) is 18.6. The summed E-state index contributed by atoms with van der Waals surface area (Å²) in [6.07, 6.45) is -0.871. The van der Waals surface area contributed by atoms with Gasteiger partial charge in [-0.15, -0.1) is 0 Å². The standard InChI is InChI=1S/C30H31BrClFN2O4/c1-18(37)28(20-5-4-6-22(32)14-20)35-29(39)30(15-24(30)23-7-2-3-8-25(23)33)16-27(38)26(34-17-36)13-19-9-11-21(31)12-10-19/h2-12,14,17-18,24,26-28,37-38H,13,15-16H2,1H3,(H,34,36)(H,35,39)/t18-,24+,26+,27+,28-,30-/m1/s1. The lowest BCUT2D eigenvalue weighted by molar-refractivity contribution is -0.129. The highest BCUT2D eigenvalue weighted by atomic mass is 79.9. The molecule has 4 N–H and O–H groups in total. The lowest BCUT2D eigenvalue weighted by Gasteiger charge is -2.29. The molecule has 0 heterocycles. The Hall–Kier alpha value is -2.78. The van der Waals surface area contributed by atoms with Gasteiger partial charge in [0, 0.05) is 15.4 Å². The van der Waals surface area contributed by atoms with Gasteiger partial charge in [0.05, 0.1) is 29.7 Å². The first-order valence-corrected chi connectivity index (χ1v) is 13.9. The minimum absolute atomic E-state index is 0.0120. The van der Waals surface area contributed by atoms with Crippen LogP contribution in [0.3, 0.4) is 0 Å². The van der Waals surface area contributed by atoms with Crippen molar-refractivity contribution >= 4 is 39.8 Å². The lowest BCUT2D eigenvalue weighted by Crippen LogP contribution is -2.46. The molecule has 0 aromatic heterocycles. The van der Waals surface area contributed by atoms with Crippen molar-refractivity contribution in [1.29, 1.82) is 0 Å². The largest absolute Gasteiger partial charge is 0.391 e. The Morgan fingerprint density at radius 2 is 1.87 bits per heavy atom. The monoisotopic (exact) mass is 616 g/mol. The van der Waals surface area contributed by atoms with E-state index in [9.17, 15) is 24.2 Å². The van der Waals surface area contributed by atoms with Gasteiger partial charge in [-0.2, -0.15) is 0 Å². The van der Waals surface area contributed by atoms with Gasteiger partial charge in [-0.3, -0.25) is 9.59 Å². The maximum absolute atomic E-state index is 14.8. The molecule has 0 radical (unpaired) electrons. The molecule has 39 heavy (non-hydrogen) atoms. The molecule has 4 rings (SSSR count). The van der Waals surface area contributed by atoms with Crippen molar-refractivity contribution < 1.29 is 24.2 Å². The third kappa shape index (κ3) is 6.87. The number of carbonyl (C=O) groups is 2. The fraction of sp³-hybridized carbons (Fsp3) is 0.333. The molecule has 0 unspecified atom stereocenters. The third-order valence-corrected chi connectivity index (χ3v) is 8.24. The molecule has 0 aliphatic heterocycles. The van der Waals surface area contributed by atoms with Gasteiger partial charge in [-0.25, -0.2) is 4.39 Å². The number of amides is 2. The molecule has 1 saturated carbocycles. The van der Waals surface area contributed by atoms with Crippen LogP contribution in [0.5, 0.6) is 0 Å². The van der Waals surface area contributed by atoms with Gasteiger partial charge >= 0.3 is 0 Å². The van der Waals surface area contributed by atoms with E-state index in [0.717, 1.165) is 10.0 Å². The molecular weight excluding hydrogens is 587 g/mol. The Bertz CT molecular complexity index is 1310. The number of halogens is 3. The van der Waals surface area contributed by atoms with Gasteiger partial charge in [-0.05, 0) is 73.2 Å². The number of carbonyl (C=O) groups excluding carboxylic acids is 2. The molecule has 206 valence electrons. The molecule has 9 heteroatoms. The van der Waals surface area contributed by atoms with Crippen LogP contribution < -0.4 is 10.6 Å². The van der Waals surface area contributed by atoms with Crippen LogP contribution in [-0.4, -0.2) is 40.8 Å². The van der Waals surface area contributed by atoms with Gasteiger partial charge in [-0.1, -0.05) is 70.0 Å². The van der Waals surface area contributed by atoms with E-state index in [1.165, 1.54) is 6.07 Å². The van der Waals surface area contributed by atoms with Crippen LogP contribution in [-0.2, 0) is 16.0 Å². The van der Waals surface area contributed by atoms with E-state index in [1.54, 1.807) is 49.4 Å². The summed E-state index contributed by atoms with van der Waals surface area (Å²) in [5.74, 6) is -1.31. The van der Waals surface area contributed by atoms with Gasteiger partial charge in [0.15, 0.2) is 0 Å². The zero-order chi connectivity index (χ0) is 28.2. The summed E-state index contributed by atoms with van der Waals surface area (Å²) in [6, 6.07) is 19.2. The molecule has 6 nitrogen and oxygen atoms in total. The second-order valence-electron chi connectivity index (χ2n) is 10.2. The topological polar surface area (TPSA) is 98.7 Å². The van der Waals surface area contributed by atoms with E-state index in [2.05, 4.69) is 26.6 Å². The molecule has 1 aliphatic rings. The van der Waals surface area contributed by atoms with Crippen molar-refractivity contribution in [2.24, 2.45) is 5.41 Å². The fourth-order valence-electron chi connectivity index (χ4n) is 5.29. The quantitative estimate of drug-likeness (QED) is 0.214. The third-order valence-electron chi connectivity index (χ3n) is 7.47. The van der Waals surface area contributed by atoms with Crippen LogP contribution in [0.2, 0.25) is 5.02 Å². The van der Waals surface area contributed by atoms with E-state index in [0.29, 0.717) is 35.4 Å². The number of hydrogen-bond donors (Lipinski definition) is 4. The minimum Gasteiger partial charge on any atom is -0.391 e. The van der Waals surface area contributed by atoms with E-state index >= 15 is 0 Å². The Kier molecular flexibility index (Phi) is 9.43. The second-order valence-corrected chi connectivity index (χ2v) is 11.5. The van der Waals surface area contributed by atoms with Gasteiger partial charge in [0.25, 0.3) is 0 Å². The van der Waals surface area contributed by atoms with Crippen LogP contribution in [0.25, 0.3) is 0 Å². The van der Waals surface area contributed by atoms with Crippen molar-refractivity contribution in [1.82, 2.24) is 10.6 Å². The fourth-order valence-corrected chi connectivity index (χ4v) is 5.75. The molecule has 3 aromatic rings. The Morgan fingerprint density at radius 3 is 2.51 bits per heavy atom. The summed E-state index contributed by atoms with van der Waals surface area (Å²) in [6.45, 7) is 1.57. The molecule has 0 bridgehead atoms. The average Bonchev–Trinajstić information content (AvgIpc) is 3.62. The summed E-state index contributed by atoms with van der Waals surface area (Å²) >= 11 is 9.55. The summed E-state index contributed by atoms with van der Waals surface area (Å²) in [7, 11) is 0. The van der Waals surface area contributed by atoms with Crippen LogP contribution in [0.4, 0.5) is 4.39 Å². The van der Waals surface area contributed by atoms with E-state index in [1.807, 2.05) is 24.3 Å². The van der Waals surface area contributed by atoms with Crippen molar-refractivity contribution in [2.75, 3.05) is 0 Å². The molecule has 3 aromatic carbocycles.